The van der Waals surface area contributed by atoms with Gasteiger partial charge in [0.05, 0.1) is 12.7 Å². The number of aliphatic hydroxyl groups excluding tert-OH is 1. The van der Waals surface area contributed by atoms with Crippen LogP contribution in [0.3, 0.4) is 0 Å². The average molecular weight is 680 g/mol. The van der Waals surface area contributed by atoms with E-state index >= 15 is 0 Å². The predicted octanol–water partition coefficient (Wildman–Crippen LogP) is 6.86. The summed E-state index contributed by atoms with van der Waals surface area (Å²) in [6, 6.07) is 0. The molecule has 8 nitrogen and oxygen atoms in total. The Morgan fingerprint density at radius 3 is 1.57 bits per heavy atom. The number of nitrogens with one attached hydrogen (secondary N) is 3. The fraction of sp³-hybridized carbons (Fsp3) is 0.583. The van der Waals surface area contributed by atoms with Crippen LogP contribution < -0.4 is 16.0 Å². The number of allylic oxidation sites excluding steroid dienone is 11. The molecule has 0 rings (SSSR count). The highest BCUT2D eigenvalue weighted by atomic mass is 33.1. The zero-order valence-electron chi connectivity index (χ0n) is 28.9. The molecule has 0 bridgehead atoms. The summed E-state index contributed by atoms with van der Waals surface area (Å²) < 4.78 is 5.05. The molecular formula is C36H61N3O5S2. The van der Waals surface area contributed by atoms with Crippen molar-refractivity contribution >= 4 is 39.8 Å². The Balaban J connectivity index is 0. The molecule has 0 saturated heterocycles. The molecule has 0 spiro atoms. The lowest BCUT2D eigenvalue weighted by molar-refractivity contribution is -0.121. The van der Waals surface area contributed by atoms with Crippen molar-refractivity contribution in [2.45, 2.75) is 85.2 Å². The van der Waals surface area contributed by atoms with Crippen LogP contribution >= 0.6 is 21.6 Å². The van der Waals surface area contributed by atoms with E-state index in [9.17, 15) is 14.4 Å². The molecule has 0 radical (unpaired) electrons. The topological polar surface area (TPSA) is 117 Å². The smallest absolute Gasteiger partial charge is 0.223 e. The molecule has 0 unspecified atom stereocenters. The van der Waals surface area contributed by atoms with Gasteiger partial charge in [-0.25, -0.2) is 0 Å². The van der Waals surface area contributed by atoms with E-state index in [0.717, 1.165) is 50.0 Å². The average Bonchev–Trinajstić information content (AvgIpc) is 3.05. The van der Waals surface area contributed by atoms with Crippen LogP contribution in [0.25, 0.3) is 0 Å². The maximum Gasteiger partial charge on any atom is 0.223 e. The van der Waals surface area contributed by atoms with Crippen LogP contribution in [-0.2, 0) is 19.1 Å². The lowest BCUT2D eigenvalue weighted by Crippen LogP contribution is -2.31. The van der Waals surface area contributed by atoms with Gasteiger partial charge in [0.1, 0.15) is 0 Å². The molecule has 0 aromatic heterocycles. The number of ether oxygens (including phenoxy) is 1. The van der Waals surface area contributed by atoms with E-state index in [0.29, 0.717) is 38.9 Å². The number of aliphatic hydroxyl groups is 1. The van der Waals surface area contributed by atoms with Gasteiger partial charge in [0, 0.05) is 56.5 Å². The van der Waals surface area contributed by atoms with E-state index in [-0.39, 0.29) is 29.9 Å². The standard InChI is InChI=1S/C29H45N3O3S2.C7H16O2/c1-2-3-4-5-6-7-8-9-10-11-12-13-14-15-16-17-18-19-20-28(34)31-23-25-36-37-26-24-32-29(35)21-22-30-27-33;1-6(9-4)7(2,3)5-8/h3-4,6-7,9-10,12-13,15-16,18-19,27H,2,5,8,11,14,17,20-26H2,1H3,(H,30,33)(H,31,34)(H,32,35);6,8H,5H2,1-4H3/b4-3-,7-6-,10-9-,13-12-,16-15-,19-18-;/t;6-/m.0/s1. The van der Waals surface area contributed by atoms with Gasteiger partial charge in [-0.2, -0.15) is 0 Å². The van der Waals surface area contributed by atoms with E-state index < -0.39 is 0 Å². The summed E-state index contributed by atoms with van der Waals surface area (Å²) >= 11 is 0. The second kappa shape index (κ2) is 35.3. The van der Waals surface area contributed by atoms with E-state index in [1.807, 2.05) is 32.9 Å². The summed E-state index contributed by atoms with van der Waals surface area (Å²) in [5, 5.41) is 17.0. The minimum absolute atomic E-state index is 0.0295. The van der Waals surface area contributed by atoms with Crippen molar-refractivity contribution in [3.05, 3.63) is 72.9 Å². The number of amides is 3. The summed E-state index contributed by atoms with van der Waals surface area (Å²) in [6.45, 7) is 9.79. The highest BCUT2D eigenvalue weighted by Gasteiger charge is 2.24. The van der Waals surface area contributed by atoms with Crippen molar-refractivity contribution < 1.29 is 24.2 Å². The molecule has 0 heterocycles. The zero-order chi connectivity index (χ0) is 34.6. The molecule has 0 aliphatic carbocycles. The second-order valence-electron chi connectivity index (χ2n) is 10.8. The third-order valence-electron chi connectivity index (χ3n) is 6.44. The van der Waals surface area contributed by atoms with Crippen LogP contribution in [0.5, 0.6) is 0 Å². The van der Waals surface area contributed by atoms with Gasteiger partial charge in [0.2, 0.25) is 18.2 Å². The molecule has 46 heavy (non-hydrogen) atoms. The minimum Gasteiger partial charge on any atom is -0.396 e. The van der Waals surface area contributed by atoms with Crippen molar-refractivity contribution in [1.29, 1.82) is 0 Å². The first-order valence-electron chi connectivity index (χ1n) is 16.2. The molecule has 0 aliphatic heterocycles. The maximum atomic E-state index is 11.8. The van der Waals surface area contributed by atoms with E-state index in [2.05, 4.69) is 83.6 Å². The first-order valence-corrected chi connectivity index (χ1v) is 18.7. The molecule has 4 N–H and O–H groups in total. The Morgan fingerprint density at radius 2 is 1.17 bits per heavy atom. The third kappa shape index (κ3) is 34.3. The molecule has 3 amide bonds. The van der Waals surface area contributed by atoms with Crippen LogP contribution in [0.4, 0.5) is 0 Å². The van der Waals surface area contributed by atoms with Gasteiger partial charge in [-0.3, -0.25) is 14.4 Å². The van der Waals surface area contributed by atoms with Crippen LogP contribution in [0.2, 0.25) is 0 Å². The lowest BCUT2D eigenvalue weighted by Gasteiger charge is -2.27. The fourth-order valence-electron chi connectivity index (χ4n) is 3.15. The Morgan fingerprint density at radius 1 is 0.739 bits per heavy atom. The van der Waals surface area contributed by atoms with Crippen LogP contribution in [-0.4, -0.2) is 74.3 Å². The zero-order valence-corrected chi connectivity index (χ0v) is 30.5. The second-order valence-corrected chi connectivity index (χ2v) is 13.5. The number of rotatable bonds is 27. The van der Waals surface area contributed by atoms with Gasteiger partial charge in [0.25, 0.3) is 0 Å². The highest BCUT2D eigenvalue weighted by molar-refractivity contribution is 8.76. The van der Waals surface area contributed by atoms with E-state index in [1.54, 1.807) is 28.7 Å². The number of carbonyl (C=O) groups excluding carboxylic acids is 3. The van der Waals surface area contributed by atoms with Crippen molar-refractivity contribution in [3.63, 3.8) is 0 Å². The van der Waals surface area contributed by atoms with Gasteiger partial charge < -0.3 is 25.8 Å². The summed E-state index contributed by atoms with van der Waals surface area (Å²) in [4.78, 5) is 33.4. The monoisotopic (exact) mass is 679 g/mol. The summed E-state index contributed by atoms with van der Waals surface area (Å²) in [5.74, 6) is 1.57. The molecule has 0 aliphatic rings. The Bertz CT molecular complexity index is 931. The highest BCUT2D eigenvalue weighted by Crippen LogP contribution is 2.21. The summed E-state index contributed by atoms with van der Waals surface area (Å²) in [7, 11) is 4.99. The fourth-order valence-corrected chi connectivity index (χ4v) is 4.96. The molecule has 0 saturated carbocycles. The molecule has 1 atom stereocenters. The molecule has 262 valence electrons. The first kappa shape index (κ1) is 45.6. The summed E-state index contributed by atoms with van der Waals surface area (Å²) in [6.07, 6.45) is 32.9. The molecule has 10 heteroatoms. The Kier molecular flexibility index (Phi) is 35.0. The van der Waals surface area contributed by atoms with Crippen LogP contribution in [0.1, 0.15) is 79.1 Å². The van der Waals surface area contributed by atoms with Crippen LogP contribution in [0, 0.1) is 5.41 Å². The largest absolute Gasteiger partial charge is 0.396 e. The van der Waals surface area contributed by atoms with Gasteiger partial charge in [-0.1, -0.05) is 115 Å². The number of hydrogen-bond acceptors (Lipinski definition) is 7. The third-order valence-corrected chi connectivity index (χ3v) is 8.85. The minimum atomic E-state index is -0.116. The van der Waals surface area contributed by atoms with Crippen molar-refractivity contribution in [2.24, 2.45) is 5.41 Å². The lowest BCUT2D eigenvalue weighted by atomic mass is 9.89. The number of methoxy groups -OCH3 is 1. The maximum absolute atomic E-state index is 11.8. The van der Waals surface area contributed by atoms with E-state index in [4.69, 9.17) is 9.84 Å². The SMILES string of the molecule is CC/C=C\C/C=C\C/C=C\C/C=C\C/C=C\C/C=C\CC(=O)NCCSSCCNC(=O)CCNC=O.CO[C@@H](C)C(C)(C)CO. The number of carbonyl (C=O) groups is 3. The Hall–Kier alpha value is -2.53. The van der Waals surface area contributed by atoms with Crippen molar-refractivity contribution in [2.75, 3.05) is 44.9 Å². The Labute approximate surface area is 287 Å². The first-order chi connectivity index (χ1) is 22.2. The van der Waals surface area contributed by atoms with E-state index in [1.165, 1.54) is 0 Å². The van der Waals surface area contributed by atoms with Gasteiger partial charge in [-0.05, 0) is 45.4 Å². The molecule has 0 fully saturated rings. The van der Waals surface area contributed by atoms with Gasteiger partial charge in [-0.15, -0.1) is 0 Å². The predicted molar refractivity (Wildman–Crippen MR) is 200 cm³/mol. The van der Waals surface area contributed by atoms with Crippen molar-refractivity contribution in [1.82, 2.24) is 16.0 Å². The van der Waals surface area contributed by atoms with Crippen LogP contribution in [0.15, 0.2) is 72.9 Å². The molecule has 0 aromatic carbocycles. The normalized spacial score (nSPS) is 12.8. The number of hydrogen-bond donors (Lipinski definition) is 4. The van der Waals surface area contributed by atoms with Crippen molar-refractivity contribution in [3.8, 4) is 0 Å². The summed E-state index contributed by atoms with van der Waals surface area (Å²) in [5.41, 5.74) is -0.116. The molecule has 0 aromatic rings. The molecular weight excluding hydrogens is 619 g/mol. The van der Waals surface area contributed by atoms with Gasteiger partial charge >= 0.3 is 0 Å². The van der Waals surface area contributed by atoms with Gasteiger partial charge in [0.15, 0.2) is 0 Å². The quantitative estimate of drug-likeness (QED) is 0.0324.